The van der Waals surface area contributed by atoms with Gasteiger partial charge in [-0.2, -0.15) is 0 Å². The molecule has 26 heavy (non-hydrogen) atoms. The Morgan fingerprint density at radius 2 is 1.69 bits per heavy atom. The molecule has 0 saturated heterocycles. The van der Waals surface area contributed by atoms with Gasteiger partial charge in [0.2, 0.25) is 0 Å². The van der Waals surface area contributed by atoms with Crippen LogP contribution in [0.3, 0.4) is 0 Å². The largest absolute Gasteiger partial charge is 0.489 e. The molecule has 1 N–H and O–H groups in total. The molecule has 0 aliphatic carbocycles. The minimum absolute atomic E-state index is 0.411. The summed E-state index contributed by atoms with van der Waals surface area (Å²) in [4.78, 5) is 0.670. The van der Waals surface area contributed by atoms with Crippen molar-refractivity contribution in [2.45, 2.75) is 13.2 Å². The van der Waals surface area contributed by atoms with Crippen LogP contribution >= 0.6 is 35.4 Å². The summed E-state index contributed by atoms with van der Waals surface area (Å²) < 4.78 is 5.85. The Morgan fingerprint density at radius 1 is 0.923 bits per heavy atom. The molecule has 5 heteroatoms. The Hall–Kier alpha value is -2.07. The van der Waals surface area contributed by atoms with Crippen LogP contribution in [0, 0.1) is 0 Å². The molecule has 0 unspecified atom stereocenters. The maximum Gasteiger partial charge on any atom is 0.120 e. The number of rotatable bonds is 6. The average Bonchev–Trinajstić information content (AvgIpc) is 2.67. The summed E-state index contributed by atoms with van der Waals surface area (Å²) in [5.74, 6) is 0.748. The van der Waals surface area contributed by atoms with E-state index in [1.807, 2.05) is 72.8 Å². The lowest BCUT2D eigenvalue weighted by atomic mass is 10.2. The van der Waals surface area contributed by atoms with E-state index >= 15 is 0 Å². The van der Waals surface area contributed by atoms with Gasteiger partial charge in [0.1, 0.15) is 17.3 Å². The predicted molar refractivity (Wildman–Crippen MR) is 112 cm³/mol. The summed E-state index contributed by atoms with van der Waals surface area (Å²) in [6, 6.07) is 23.0. The van der Waals surface area contributed by atoms with Crippen LogP contribution in [0.15, 0.2) is 72.8 Å². The maximum atomic E-state index is 6.16. The van der Waals surface area contributed by atoms with Crippen LogP contribution in [0.1, 0.15) is 16.7 Å². The van der Waals surface area contributed by atoms with E-state index in [9.17, 15) is 0 Å². The molecule has 3 aromatic carbocycles. The van der Waals surface area contributed by atoms with Crippen LogP contribution in [0.2, 0.25) is 10.0 Å². The fourth-order valence-corrected chi connectivity index (χ4v) is 2.91. The summed E-state index contributed by atoms with van der Waals surface area (Å²) in [5, 5.41) is 4.68. The summed E-state index contributed by atoms with van der Waals surface area (Å²) in [5.41, 5.74) is 2.97. The zero-order valence-electron chi connectivity index (χ0n) is 13.9. The van der Waals surface area contributed by atoms with Crippen molar-refractivity contribution >= 4 is 40.4 Å². The smallest absolute Gasteiger partial charge is 0.120 e. The van der Waals surface area contributed by atoms with E-state index in [1.165, 1.54) is 0 Å². The standard InChI is InChI=1S/C21H17Cl2NOS/c22-18-10-8-15(9-11-18)13-24-21(26)16-5-3-6-19(12-16)25-14-17-4-1-2-7-20(17)23/h1-12H,13-14H2,(H,24,26). The van der Waals surface area contributed by atoms with Gasteiger partial charge in [0.05, 0.1) is 0 Å². The first-order valence-electron chi connectivity index (χ1n) is 8.11. The molecule has 0 atom stereocenters. The van der Waals surface area contributed by atoms with Gasteiger partial charge in [-0.05, 0) is 35.9 Å². The molecule has 0 amide bonds. The minimum atomic E-state index is 0.411. The van der Waals surface area contributed by atoms with Gasteiger partial charge in [0, 0.05) is 27.7 Å². The Morgan fingerprint density at radius 3 is 2.46 bits per heavy atom. The van der Waals surface area contributed by atoms with Gasteiger partial charge in [-0.1, -0.05) is 77.9 Å². The summed E-state index contributed by atoms with van der Waals surface area (Å²) >= 11 is 17.6. The van der Waals surface area contributed by atoms with Gasteiger partial charge in [0.25, 0.3) is 0 Å². The lowest BCUT2D eigenvalue weighted by molar-refractivity contribution is 0.306. The van der Waals surface area contributed by atoms with Crippen molar-refractivity contribution in [3.05, 3.63) is 99.5 Å². The zero-order valence-corrected chi connectivity index (χ0v) is 16.2. The first-order valence-corrected chi connectivity index (χ1v) is 9.27. The number of hydrogen-bond acceptors (Lipinski definition) is 2. The SMILES string of the molecule is S=C(NCc1ccc(Cl)cc1)c1cccc(OCc2ccccc2Cl)c1. The number of benzene rings is 3. The molecular weight excluding hydrogens is 385 g/mol. The number of hydrogen-bond donors (Lipinski definition) is 1. The zero-order chi connectivity index (χ0) is 18.4. The lowest BCUT2D eigenvalue weighted by Gasteiger charge is -2.11. The Labute approximate surface area is 168 Å². The predicted octanol–water partition coefficient (Wildman–Crippen LogP) is 6.04. The Balaban J connectivity index is 1.60. The topological polar surface area (TPSA) is 21.3 Å². The molecule has 0 heterocycles. The number of thiocarbonyl (C=S) groups is 1. The van der Waals surface area contributed by atoms with E-state index in [2.05, 4.69) is 5.32 Å². The first-order chi connectivity index (χ1) is 12.6. The normalized spacial score (nSPS) is 10.4. The van der Waals surface area contributed by atoms with Crippen LogP contribution in [0.25, 0.3) is 0 Å². The number of ether oxygens (including phenoxy) is 1. The molecule has 0 aliphatic heterocycles. The summed E-state index contributed by atoms with van der Waals surface area (Å²) in [6.45, 7) is 1.05. The van der Waals surface area contributed by atoms with Crippen LogP contribution in [-0.2, 0) is 13.2 Å². The van der Waals surface area contributed by atoms with E-state index < -0.39 is 0 Å². The first kappa shape index (κ1) is 18.7. The van der Waals surface area contributed by atoms with Crippen LogP contribution in [-0.4, -0.2) is 4.99 Å². The van der Waals surface area contributed by atoms with Gasteiger partial charge in [-0.3, -0.25) is 0 Å². The molecule has 0 saturated carbocycles. The highest BCUT2D eigenvalue weighted by molar-refractivity contribution is 7.80. The highest BCUT2D eigenvalue weighted by atomic mass is 35.5. The molecule has 2 nitrogen and oxygen atoms in total. The average molecular weight is 402 g/mol. The minimum Gasteiger partial charge on any atom is -0.489 e. The van der Waals surface area contributed by atoms with Crippen LogP contribution in [0.4, 0.5) is 0 Å². The van der Waals surface area contributed by atoms with Crippen LogP contribution < -0.4 is 10.1 Å². The van der Waals surface area contributed by atoms with Crippen molar-refractivity contribution in [1.82, 2.24) is 5.32 Å². The van der Waals surface area contributed by atoms with Gasteiger partial charge in [-0.25, -0.2) is 0 Å². The van der Waals surface area contributed by atoms with E-state index in [0.29, 0.717) is 23.2 Å². The van der Waals surface area contributed by atoms with Crippen molar-refractivity contribution in [2.75, 3.05) is 0 Å². The van der Waals surface area contributed by atoms with Crippen LogP contribution in [0.5, 0.6) is 5.75 Å². The third kappa shape index (κ3) is 5.21. The molecule has 0 aromatic heterocycles. The van der Waals surface area contributed by atoms with Crippen molar-refractivity contribution < 1.29 is 4.74 Å². The fraction of sp³-hybridized carbons (Fsp3) is 0.0952. The second-order valence-electron chi connectivity index (χ2n) is 5.72. The van der Waals surface area contributed by atoms with Gasteiger partial charge < -0.3 is 10.1 Å². The third-order valence-corrected chi connectivity index (χ3v) is 4.82. The molecule has 0 bridgehead atoms. The van der Waals surface area contributed by atoms with Gasteiger partial charge >= 0.3 is 0 Å². The molecule has 132 valence electrons. The summed E-state index contributed by atoms with van der Waals surface area (Å²) in [7, 11) is 0. The van der Waals surface area contributed by atoms with Crippen molar-refractivity contribution in [2.24, 2.45) is 0 Å². The highest BCUT2D eigenvalue weighted by Gasteiger charge is 2.05. The Kier molecular flexibility index (Phi) is 6.51. The number of halogens is 2. The quantitative estimate of drug-likeness (QED) is 0.508. The monoisotopic (exact) mass is 401 g/mol. The molecule has 0 radical (unpaired) electrons. The van der Waals surface area contributed by atoms with E-state index in [0.717, 1.165) is 27.5 Å². The fourth-order valence-electron chi connectivity index (χ4n) is 2.39. The molecule has 0 aliphatic rings. The molecule has 0 fully saturated rings. The number of nitrogens with one attached hydrogen (secondary N) is 1. The highest BCUT2D eigenvalue weighted by Crippen LogP contribution is 2.19. The van der Waals surface area contributed by atoms with Crippen molar-refractivity contribution in [3.8, 4) is 5.75 Å². The Bertz CT molecular complexity index is 897. The second kappa shape index (κ2) is 9.04. The molecule has 0 spiro atoms. The van der Waals surface area contributed by atoms with E-state index in [-0.39, 0.29) is 0 Å². The summed E-state index contributed by atoms with van der Waals surface area (Å²) in [6.07, 6.45) is 0. The molecule has 3 aromatic rings. The van der Waals surface area contributed by atoms with Gasteiger partial charge in [-0.15, -0.1) is 0 Å². The molecular formula is C21H17Cl2NOS. The van der Waals surface area contributed by atoms with Crippen molar-refractivity contribution in [1.29, 1.82) is 0 Å². The molecule has 3 rings (SSSR count). The van der Waals surface area contributed by atoms with E-state index in [1.54, 1.807) is 0 Å². The maximum absolute atomic E-state index is 6.16. The van der Waals surface area contributed by atoms with E-state index in [4.69, 9.17) is 40.2 Å². The third-order valence-electron chi connectivity index (χ3n) is 3.81. The lowest BCUT2D eigenvalue weighted by Crippen LogP contribution is -2.21. The van der Waals surface area contributed by atoms with Crippen molar-refractivity contribution in [3.63, 3.8) is 0 Å². The van der Waals surface area contributed by atoms with Gasteiger partial charge in [0.15, 0.2) is 0 Å². The second-order valence-corrected chi connectivity index (χ2v) is 6.97.